The van der Waals surface area contributed by atoms with Gasteiger partial charge in [-0.15, -0.1) is 0 Å². The Kier molecular flexibility index (Phi) is 4.64. The number of carbonyl (C=O) groups is 2. The highest BCUT2D eigenvalue weighted by Crippen LogP contribution is 2.35. The van der Waals surface area contributed by atoms with Crippen LogP contribution in [0.15, 0.2) is 29.6 Å². The van der Waals surface area contributed by atoms with Crippen molar-refractivity contribution in [1.29, 1.82) is 0 Å². The number of likely N-dealkylation sites (tertiary alicyclic amines) is 1. The van der Waals surface area contributed by atoms with Crippen LogP contribution in [0.25, 0.3) is 0 Å². The minimum Gasteiger partial charge on any atom is -0.336 e. The minimum atomic E-state index is -0.182. The molecule has 2 aliphatic heterocycles. The smallest absolute Gasteiger partial charge is 0.274 e. The zero-order valence-electron chi connectivity index (χ0n) is 17.1. The zero-order valence-corrected chi connectivity index (χ0v) is 17.1. The van der Waals surface area contributed by atoms with Gasteiger partial charge in [0.1, 0.15) is 11.3 Å². The standard InChI is InChI=1S/C22H25N5O3/c1-14-3-2-9-26(14)21(29)19-17-6-10-25(20(28)18-11-23-7-8-24-18)12-15(17)13-27(22(19)30)16-4-5-16/h7-8,11,13-14,16H,2-6,9-10,12H2,1H3. The lowest BCUT2D eigenvalue weighted by molar-refractivity contribution is 0.0724. The average Bonchev–Trinajstić information content (AvgIpc) is 3.52. The number of fused-ring (bicyclic) bond motifs is 1. The Labute approximate surface area is 174 Å². The molecule has 2 fully saturated rings. The van der Waals surface area contributed by atoms with Gasteiger partial charge in [0, 0.05) is 50.3 Å². The highest BCUT2D eigenvalue weighted by atomic mass is 16.2. The van der Waals surface area contributed by atoms with E-state index < -0.39 is 0 Å². The van der Waals surface area contributed by atoms with E-state index in [1.54, 1.807) is 9.47 Å². The summed E-state index contributed by atoms with van der Waals surface area (Å²) in [5.74, 6) is -0.330. The van der Waals surface area contributed by atoms with E-state index in [0.717, 1.165) is 36.8 Å². The summed E-state index contributed by atoms with van der Waals surface area (Å²) in [7, 11) is 0. The van der Waals surface area contributed by atoms with Gasteiger partial charge >= 0.3 is 0 Å². The molecule has 0 aromatic carbocycles. The summed E-state index contributed by atoms with van der Waals surface area (Å²) >= 11 is 0. The third-order valence-corrected chi connectivity index (χ3v) is 6.46. The third kappa shape index (κ3) is 3.20. The van der Waals surface area contributed by atoms with Gasteiger partial charge in [0.15, 0.2) is 0 Å². The fourth-order valence-corrected chi connectivity index (χ4v) is 4.64. The monoisotopic (exact) mass is 407 g/mol. The molecule has 8 nitrogen and oxygen atoms in total. The largest absolute Gasteiger partial charge is 0.336 e. The highest BCUT2D eigenvalue weighted by molar-refractivity contribution is 5.96. The quantitative estimate of drug-likeness (QED) is 0.774. The first-order valence-corrected chi connectivity index (χ1v) is 10.7. The molecular formula is C22H25N5O3. The normalized spacial score (nSPS) is 20.9. The number of rotatable bonds is 3. The SMILES string of the molecule is CC1CCCN1C(=O)c1c2c(cn(C3CC3)c1=O)CN(C(=O)c1cnccn1)CC2. The zero-order chi connectivity index (χ0) is 20.8. The van der Waals surface area contributed by atoms with Crippen LogP contribution in [0.2, 0.25) is 0 Å². The topological polar surface area (TPSA) is 88.4 Å². The Morgan fingerprint density at radius 2 is 1.93 bits per heavy atom. The molecule has 3 aliphatic rings. The molecule has 0 bridgehead atoms. The summed E-state index contributed by atoms with van der Waals surface area (Å²) in [6.45, 7) is 3.56. The van der Waals surface area contributed by atoms with Crippen molar-refractivity contribution < 1.29 is 9.59 Å². The van der Waals surface area contributed by atoms with Crippen molar-refractivity contribution in [3.63, 3.8) is 0 Å². The van der Waals surface area contributed by atoms with Crippen LogP contribution in [-0.2, 0) is 13.0 Å². The second-order valence-electron chi connectivity index (χ2n) is 8.51. The molecule has 8 heteroatoms. The number of nitrogens with zero attached hydrogens (tertiary/aromatic N) is 5. The summed E-state index contributed by atoms with van der Waals surface area (Å²) in [6.07, 6.45) is 10.7. The van der Waals surface area contributed by atoms with Crippen molar-refractivity contribution in [2.75, 3.05) is 13.1 Å². The van der Waals surface area contributed by atoms with Crippen molar-refractivity contribution >= 4 is 11.8 Å². The van der Waals surface area contributed by atoms with Gasteiger partial charge in [-0.1, -0.05) is 0 Å². The van der Waals surface area contributed by atoms with Crippen LogP contribution in [0.4, 0.5) is 0 Å². The molecule has 0 N–H and O–H groups in total. The van der Waals surface area contributed by atoms with Crippen molar-refractivity contribution in [1.82, 2.24) is 24.3 Å². The summed E-state index contributed by atoms with van der Waals surface area (Å²) in [5, 5.41) is 0. The number of hydrogen-bond donors (Lipinski definition) is 0. The van der Waals surface area contributed by atoms with Crippen LogP contribution in [0.1, 0.15) is 70.6 Å². The maximum Gasteiger partial charge on any atom is 0.274 e. The van der Waals surface area contributed by atoms with Crippen LogP contribution >= 0.6 is 0 Å². The molecule has 1 saturated carbocycles. The molecule has 156 valence electrons. The summed E-state index contributed by atoms with van der Waals surface area (Å²) in [4.78, 5) is 51.2. The molecule has 2 aromatic rings. The van der Waals surface area contributed by atoms with E-state index in [2.05, 4.69) is 9.97 Å². The van der Waals surface area contributed by atoms with Crippen LogP contribution in [0, 0.1) is 0 Å². The number of pyridine rings is 1. The van der Waals surface area contributed by atoms with Crippen molar-refractivity contribution in [2.45, 2.75) is 57.7 Å². The van der Waals surface area contributed by atoms with Gasteiger partial charge in [0.05, 0.1) is 6.20 Å². The Bertz CT molecular complexity index is 1060. The molecule has 30 heavy (non-hydrogen) atoms. The Hall–Kier alpha value is -3.03. The average molecular weight is 407 g/mol. The third-order valence-electron chi connectivity index (χ3n) is 6.46. The van der Waals surface area contributed by atoms with Gasteiger partial charge < -0.3 is 14.4 Å². The molecule has 0 radical (unpaired) electrons. The lowest BCUT2D eigenvalue weighted by atomic mass is 9.95. The predicted octanol–water partition coefficient (Wildman–Crippen LogP) is 1.80. The second-order valence-corrected chi connectivity index (χ2v) is 8.51. The Morgan fingerprint density at radius 3 is 2.60 bits per heavy atom. The van der Waals surface area contributed by atoms with Gasteiger partial charge in [0.2, 0.25) is 0 Å². The van der Waals surface area contributed by atoms with Crippen molar-refractivity contribution in [3.05, 3.63) is 57.5 Å². The molecular weight excluding hydrogens is 382 g/mol. The molecule has 1 unspecified atom stereocenters. The van der Waals surface area contributed by atoms with Crippen LogP contribution in [0.5, 0.6) is 0 Å². The van der Waals surface area contributed by atoms with Crippen LogP contribution in [-0.4, -0.2) is 55.3 Å². The second kappa shape index (κ2) is 7.34. The van der Waals surface area contributed by atoms with Crippen molar-refractivity contribution in [3.8, 4) is 0 Å². The van der Waals surface area contributed by atoms with Gasteiger partial charge in [-0.3, -0.25) is 19.4 Å². The van der Waals surface area contributed by atoms with Gasteiger partial charge in [-0.05, 0) is 50.2 Å². The molecule has 2 aromatic heterocycles. The summed E-state index contributed by atoms with van der Waals surface area (Å²) in [5.41, 5.74) is 2.15. The summed E-state index contributed by atoms with van der Waals surface area (Å²) in [6, 6.07) is 0.317. The van der Waals surface area contributed by atoms with Crippen molar-refractivity contribution in [2.24, 2.45) is 0 Å². The van der Waals surface area contributed by atoms with E-state index in [1.165, 1.54) is 18.6 Å². The number of hydrogen-bond acceptors (Lipinski definition) is 5. The van der Waals surface area contributed by atoms with Gasteiger partial charge in [0.25, 0.3) is 17.4 Å². The number of amides is 2. The van der Waals surface area contributed by atoms with E-state index in [1.807, 2.05) is 18.0 Å². The molecule has 1 aliphatic carbocycles. The van der Waals surface area contributed by atoms with E-state index >= 15 is 0 Å². The number of aromatic nitrogens is 3. The van der Waals surface area contributed by atoms with Crippen LogP contribution in [0.3, 0.4) is 0 Å². The minimum absolute atomic E-state index is 0.148. The summed E-state index contributed by atoms with van der Waals surface area (Å²) < 4.78 is 1.73. The van der Waals surface area contributed by atoms with E-state index in [9.17, 15) is 14.4 Å². The highest BCUT2D eigenvalue weighted by Gasteiger charge is 2.35. The maximum atomic E-state index is 13.4. The Morgan fingerprint density at radius 1 is 1.10 bits per heavy atom. The first-order chi connectivity index (χ1) is 14.5. The maximum absolute atomic E-state index is 13.4. The number of carbonyl (C=O) groups excluding carboxylic acids is 2. The van der Waals surface area contributed by atoms with E-state index in [-0.39, 0.29) is 29.5 Å². The molecule has 0 spiro atoms. The van der Waals surface area contributed by atoms with Gasteiger partial charge in [-0.25, -0.2) is 4.98 Å². The lowest BCUT2D eigenvalue weighted by Gasteiger charge is -2.31. The first kappa shape index (κ1) is 19.0. The molecule has 1 atom stereocenters. The van der Waals surface area contributed by atoms with Gasteiger partial charge in [-0.2, -0.15) is 0 Å². The molecule has 1 saturated heterocycles. The predicted molar refractivity (Wildman–Crippen MR) is 109 cm³/mol. The van der Waals surface area contributed by atoms with E-state index in [0.29, 0.717) is 37.3 Å². The molecule has 4 heterocycles. The fourth-order valence-electron chi connectivity index (χ4n) is 4.64. The Balaban J connectivity index is 1.53. The van der Waals surface area contributed by atoms with Crippen LogP contribution < -0.4 is 5.56 Å². The first-order valence-electron chi connectivity index (χ1n) is 10.7. The molecule has 5 rings (SSSR count). The van der Waals surface area contributed by atoms with E-state index in [4.69, 9.17) is 0 Å². The molecule has 2 amide bonds. The lowest BCUT2D eigenvalue weighted by Crippen LogP contribution is -2.43. The fraction of sp³-hybridized carbons (Fsp3) is 0.500.